The van der Waals surface area contributed by atoms with Crippen molar-refractivity contribution < 1.29 is 4.79 Å². The number of amides is 1. The molecule has 1 rings (SSSR count). The van der Waals surface area contributed by atoms with Crippen molar-refractivity contribution in [2.45, 2.75) is 12.5 Å². The van der Waals surface area contributed by atoms with Gasteiger partial charge in [0.05, 0.1) is 0 Å². The number of hydrogen-bond acceptors (Lipinski definition) is 2. The van der Waals surface area contributed by atoms with Gasteiger partial charge in [-0.2, -0.15) is 0 Å². The van der Waals surface area contributed by atoms with Gasteiger partial charge >= 0.3 is 0 Å². The molecule has 0 saturated carbocycles. The van der Waals surface area contributed by atoms with Crippen molar-refractivity contribution in [3.05, 3.63) is 48.6 Å². The van der Waals surface area contributed by atoms with Gasteiger partial charge in [-0.25, -0.2) is 0 Å². The number of rotatable bonds is 5. The molecule has 0 aliphatic carbocycles. The number of carbonyl (C=O) groups excluding carboxylic acids is 1. The summed E-state index contributed by atoms with van der Waals surface area (Å²) in [4.78, 5) is 11.5. The van der Waals surface area contributed by atoms with Crippen molar-refractivity contribution in [2.24, 2.45) is 5.73 Å². The smallest absolute Gasteiger partial charge is 0.241 e. The highest BCUT2D eigenvalue weighted by Gasteiger charge is 2.13. The molecule has 1 aromatic carbocycles. The van der Waals surface area contributed by atoms with Gasteiger partial charge in [0.15, 0.2) is 0 Å². The Labute approximate surface area is 90.0 Å². The van der Waals surface area contributed by atoms with E-state index in [0.29, 0.717) is 6.54 Å². The van der Waals surface area contributed by atoms with E-state index >= 15 is 0 Å². The summed E-state index contributed by atoms with van der Waals surface area (Å²) in [5.41, 5.74) is 6.61. The van der Waals surface area contributed by atoms with Gasteiger partial charge in [0.1, 0.15) is 6.04 Å². The fourth-order valence-electron chi connectivity index (χ4n) is 1.22. The third-order valence-electron chi connectivity index (χ3n) is 2.09. The summed E-state index contributed by atoms with van der Waals surface area (Å²) in [5.74, 6) is -0.150. The maximum atomic E-state index is 11.5. The molecule has 0 aromatic heterocycles. The van der Waals surface area contributed by atoms with Gasteiger partial charge in [-0.1, -0.05) is 36.4 Å². The first-order valence-electron chi connectivity index (χ1n) is 4.95. The van der Waals surface area contributed by atoms with Crippen LogP contribution in [-0.2, 0) is 4.79 Å². The van der Waals surface area contributed by atoms with Crippen LogP contribution in [0.3, 0.4) is 0 Å². The van der Waals surface area contributed by atoms with Crippen LogP contribution in [0.4, 0.5) is 0 Å². The van der Waals surface area contributed by atoms with Crippen molar-refractivity contribution in [2.75, 3.05) is 6.54 Å². The predicted octanol–water partition coefficient (Wildman–Crippen LogP) is 1.38. The van der Waals surface area contributed by atoms with Crippen LogP contribution in [0.2, 0.25) is 0 Å². The Hall–Kier alpha value is -1.61. The highest BCUT2D eigenvalue weighted by atomic mass is 16.2. The molecule has 3 N–H and O–H groups in total. The summed E-state index contributed by atoms with van der Waals surface area (Å²) in [6, 6.07) is 8.73. The zero-order valence-corrected chi connectivity index (χ0v) is 8.65. The Balaban J connectivity index is 2.50. The molecule has 3 nitrogen and oxygen atoms in total. The highest BCUT2D eigenvalue weighted by molar-refractivity contribution is 5.82. The first kappa shape index (κ1) is 11.5. The van der Waals surface area contributed by atoms with E-state index in [9.17, 15) is 4.79 Å². The average molecular weight is 204 g/mol. The van der Waals surface area contributed by atoms with Crippen LogP contribution >= 0.6 is 0 Å². The first-order chi connectivity index (χ1) is 7.25. The molecule has 0 heterocycles. The van der Waals surface area contributed by atoms with Gasteiger partial charge in [-0.3, -0.25) is 4.79 Å². The minimum absolute atomic E-state index is 0.150. The Kier molecular flexibility index (Phi) is 4.57. The van der Waals surface area contributed by atoms with E-state index in [2.05, 4.69) is 11.9 Å². The van der Waals surface area contributed by atoms with Gasteiger partial charge in [0, 0.05) is 6.54 Å². The SMILES string of the molecule is C=CCCNC(=O)[C@@H](N)c1ccccc1. The van der Waals surface area contributed by atoms with Crippen molar-refractivity contribution in [3.8, 4) is 0 Å². The summed E-state index contributed by atoms with van der Waals surface area (Å²) < 4.78 is 0. The molecule has 0 bridgehead atoms. The number of benzene rings is 1. The summed E-state index contributed by atoms with van der Waals surface area (Å²) in [6.45, 7) is 4.16. The third-order valence-corrected chi connectivity index (χ3v) is 2.09. The molecular formula is C12H16N2O. The molecular weight excluding hydrogens is 188 g/mol. The van der Waals surface area contributed by atoms with E-state index in [-0.39, 0.29) is 5.91 Å². The average Bonchev–Trinajstić information content (AvgIpc) is 2.29. The standard InChI is InChI=1S/C12H16N2O/c1-2-3-9-14-12(15)11(13)10-7-5-4-6-8-10/h2,4-8,11H,1,3,9,13H2,(H,14,15)/t11-/m0/s1. The van der Waals surface area contributed by atoms with Crippen LogP contribution in [0.25, 0.3) is 0 Å². The predicted molar refractivity (Wildman–Crippen MR) is 61.2 cm³/mol. The first-order valence-corrected chi connectivity index (χ1v) is 4.95. The van der Waals surface area contributed by atoms with Crippen molar-refractivity contribution in [1.82, 2.24) is 5.32 Å². The zero-order valence-electron chi connectivity index (χ0n) is 8.65. The Morgan fingerprint density at radius 2 is 2.13 bits per heavy atom. The Bertz CT molecular complexity index is 322. The lowest BCUT2D eigenvalue weighted by atomic mass is 10.1. The minimum atomic E-state index is -0.587. The highest BCUT2D eigenvalue weighted by Crippen LogP contribution is 2.08. The minimum Gasteiger partial charge on any atom is -0.354 e. The fourth-order valence-corrected chi connectivity index (χ4v) is 1.22. The van der Waals surface area contributed by atoms with Crippen LogP contribution in [0, 0.1) is 0 Å². The Morgan fingerprint density at radius 1 is 1.47 bits per heavy atom. The van der Waals surface area contributed by atoms with E-state index in [1.54, 1.807) is 6.08 Å². The molecule has 0 fully saturated rings. The van der Waals surface area contributed by atoms with Crippen LogP contribution < -0.4 is 11.1 Å². The number of carbonyl (C=O) groups is 1. The second-order valence-electron chi connectivity index (χ2n) is 3.26. The van der Waals surface area contributed by atoms with Crippen LogP contribution in [0.15, 0.2) is 43.0 Å². The van der Waals surface area contributed by atoms with E-state index < -0.39 is 6.04 Å². The van der Waals surface area contributed by atoms with Gasteiger partial charge in [0.2, 0.25) is 5.91 Å². The number of hydrogen-bond donors (Lipinski definition) is 2. The largest absolute Gasteiger partial charge is 0.354 e. The zero-order chi connectivity index (χ0) is 11.1. The number of nitrogens with two attached hydrogens (primary N) is 1. The van der Waals surface area contributed by atoms with E-state index in [4.69, 9.17) is 5.73 Å². The molecule has 0 aliphatic heterocycles. The molecule has 80 valence electrons. The summed E-state index contributed by atoms with van der Waals surface area (Å²) in [7, 11) is 0. The lowest BCUT2D eigenvalue weighted by Gasteiger charge is -2.11. The molecule has 0 saturated heterocycles. The topological polar surface area (TPSA) is 55.1 Å². The van der Waals surface area contributed by atoms with Crippen LogP contribution in [0.1, 0.15) is 18.0 Å². The monoisotopic (exact) mass is 204 g/mol. The summed E-state index contributed by atoms with van der Waals surface area (Å²) >= 11 is 0. The molecule has 1 atom stereocenters. The van der Waals surface area contributed by atoms with E-state index in [0.717, 1.165) is 12.0 Å². The van der Waals surface area contributed by atoms with E-state index in [1.165, 1.54) is 0 Å². The molecule has 1 amide bonds. The second-order valence-corrected chi connectivity index (χ2v) is 3.26. The van der Waals surface area contributed by atoms with Crippen LogP contribution in [-0.4, -0.2) is 12.5 Å². The quantitative estimate of drug-likeness (QED) is 0.562. The van der Waals surface area contributed by atoms with Gasteiger partial charge in [-0.15, -0.1) is 6.58 Å². The lowest BCUT2D eigenvalue weighted by molar-refractivity contribution is -0.122. The molecule has 0 spiro atoms. The number of nitrogens with one attached hydrogen (secondary N) is 1. The molecule has 0 aliphatic rings. The third kappa shape index (κ3) is 3.56. The van der Waals surface area contributed by atoms with Gasteiger partial charge in [0.25, 0.3) is 0 Å². The lowest BCUT2D eigenvalue weighted by Crippen LogP contribution is -2.34. The summed E-state index contributed by atoms with van der Waals surface area (Å²) in [5, 5.41) is 2.75. The molecule has 0 radical (unpaired) electrons. The fraction of sp³-hybridized carbons (Fsp3) is 0.250. The van der Waals surface area contributed by atoms with Crippen LogP contribution in [0.5, 0.6) is 0 Å². The van der Waals surface area contributed by atoms with E-state index in [1.807, 2.05) is 30.3 Å². The van der Waals surface area contributed by atoms with Gasteiger partial charge in [-0.05, 0) is 12.0 Å². The second kappa shape index (κ2) is 5.98. The van der Waals surface area contributed by atoms with Crippen molar-refractivity contribution >= 4 is 5.91 Å². The Morgan fingerprint density at radius 3 is 2.73 bits per heavy atom. The molecule has 3 heteroatoms. The maximum absolute atomic E-state index is 11.5. The normalized spacial score (nSPS) is 11.8. The van der Waals surface area contributed by atoms with Crippen molar-refractivity contribution in [1.29, 1.82) is 0 Å². The van der Waals surface area contributed by atoms with Crippen molar-refractivity contribution in [3.63, 3.8) is 0 Å². The maximum Gasteiger partial charge on any atom is 0.241 e. The van der Waals surface area contributed by atoms with Gasteiger partial charge < -0.3 is 11.1 Å². The molecule has 1 aromatic rings. The summed E-state index contributed by atoms with van der Waals surface area (Å²) in [6.07, 6.45) is 2.52. The molecule has 15 heavy (non-hydrogen) atoms. The molecule has 0 unspecified atom stereocenters.